The molecular weight excluding hydrogens is 376 g/mol. The monoisotopic (exact) mass is 400 g/mol. The van der Waals surface area contributed by atoms with E-state index < -0.39 is 5.41 Å². The van der Waals surface area contributed by atoms with Crippen LogP contribution < -0.4 is 28.4 Å². The van der Waals surface area contributed by atoms with Crippen molar-refractivity contribution < 1.29 is 33.2 Å². The van der Waals surface area contributed by atoms with Crippen molar-refractivity contribution in [2.75, 3.05) is 20.2 Å². The lowest BCUT2D eigenvalue weighted by atomic mass is 9.83. The number of carbonyl (C=O) groups excluding carboxylic acids is 1. The highest BCUT2D eigenvalue weighted by atomic mass is 16.7. The second kappa shape index (κ2) is 8.11. The Morgan fingerprint density at radius 3 is 2.17 bits per heavy atom. The lowest BCUT2D eigenvalue weighted by Gasteiger charge is -2.25. The number of fused-ring (bicyclic) bond motifs is 2. The molecule has 0 amide bonds. The van der Waals surface area contributed by atoms with Gasteiger partial charge in [-0.15, -0.1) is 0 Å². The van der Waals surface area contributed by atoms with Gasteiger partial charge in [0.1, 0.15) is 11.5 Å². The van der Waals surface area contributed by atoms with Crippen molar-refractivity contribution in [2.45, 2.75) is 33.1 Å². The summed E-state index contributed by atoms with van der Waals surface area (Å²) in [6.45, 7) is 4.82. The Morgan fingerprint density at radius 1 is 0.931 bits per heavy atom. The molecule has 0 bridgehead atoms. The highest BCUT2D eigenvalue weighted by Crippen LogP contribution is 2.37. The van der Waals surface area contributed by atoms with Gasteiger partial charge in [-0.1, -0.05) is 6.92 Å². The molecule has 7 heteroatoms. The molecule has 2 aromatic carbocycles. The van der Waals surface area contributed by atoms with Crippen LogP contribution in [0.4, 0.5) is 0 Å². The number of esters is 1. The van der Waals surface area contributed by atoms with Crippen molar-refractivity contribution in [2.24, 2.45) is 5.41 Å². The Labute approximate surface area is 169 Å². The number of hydrogen-bond acceptors (Lipinski definition) is 7. The number of ether oxygens (including phenoxy) is 6. The minimum atomic E-state index is -0.603. The first-order valence-corrected chi connectivity index (χ1v) is 9.72. The molecule has 0 N–H and O–H groups in total. The summed E-state index contributed by atoms with van der Waals surface area (Å²) < 4.78 is 32.7. The van der Waals surface area contributed by atoms with E-state index >= 15 is 0 Å². The maximum atomic E-state index is 12.8. The van der Waals surface area contributed by atoms with E-state index in [-0.39, 0.29) is 19.6 Å². The van der Waals surface area contributed by atoms with Gasteiger partial charge in [-0.2, -0.15) is 0 Å². The van der Waals surface area contributed by atoms with Gasteiger partial charge in [-0.3, -0.25) is 4.79 Å². The van der Waals surface area contributed by atoms with Gasteiger partial charge in [0.25, 0.3) is 0 Å². The molecule has 7 nitrogen and oxygen atoms in total. The molecule has 0 aromatic heterocycles. The summed E-state index contributed by atoms with van der Waals surface area (Å²) in [7, 11) is 0. The fraction of sp³-hybridized carbons (Fsp3) is 0.409. The molecule has 2 heterocycles. The summed E-state index contributed by atoms with van der Waals surface area (Å²) in [4.78, 5) is 12.8. The summed E-state index contributed by atoms with van der Waals surface area (Å²) in [6, 6.07) is 10.6. The molecule has 2 aliphatic rings. The van der Waals surface area contributed by atoms with Crippen LogP contribution in [0.5, 0.6) is 34.5 Å². The third-order valence-corrected chi connectivity index (χ3v) is 5.31. The number of hydrogen-bond donors (Lipinski definition) is 0. The molecule has 0 aliphatic carbocycles. The highest BCUT2D eigenvalue weighted by molar-refractivity contribution is 5.79. The molecule has 0 radical (unpaired) electrons. The summed E-state index contributed by atoms with van der Waals surface area (Å²) in [5.74, 6) is 3.57. The smallest absolute Gasteiger partial charge is 0.317 e. The van der Waals surface area contributed by atoms with Gasteiger partial charge in [-0.25, -0.2) is 0 Å². The average Bonchev–Trinajstić information content (AvgIpc) is 3.39. The molecule has 0 saturated heterocycles. The molecule has 0 saturated carbocycles. The van der Waals surface area contributed by atoms with Crippen LogP contribution in [0.2, 0.25) is 0 Å². The van der Waals surface area contributed by atoms with Crippen LogP contribution in [0.25, 0.3) is 0 Å². The molecule has 2 aromatic rings. The van der Waals surface area contributed by atoms with E-state index in [0.717, 1.165) is 17.9 Å². The zero-order valence-corrected chi connectivity index (χ0v) is 16.6. The van der Waals surface area contributed by atoms with Crippen molar-refractivity contribution >= 4 is 5.97 Å². The first kappa shape index (κ1) is 19.2. The van der Waals surface area contributed by atoms with Crippen LogP contribution in [-0.2, 0) is 4.79 Å². The number of rotatable bonds is 8. The Kier molecular flexibility index (Phi) is 5.38. The van der Waals surface area contributed by atoms with Crippen LogP contribution in [-0.4, -0.2) is 26.2 Å². The van der Waals surface area contributed by atoms with Crippen molar-refractivity contribution in [1.82, 2.24) is 0 Å². The molecule has 29 heavy (non-hydrogen) atoms. The summed E-state index contributed by atoms with van der Waals surface area (Å²) in [5, 5.41) is 0. The van der Waals surface area contributed by atoms with Crippen LogP contribution in [0, 0.1) is 5.41 Å². The molecule has 0 fully saturated rings. The topological polar surface area (TPSA) is 72.5 Å². The standard InChI is InChI=1S/C22H24O7/c1-3-22(2,21(23)29-16-6-8-18-20(12-16)28-14-26-18)9-4-10-24-15-5-7-17-19(11-15)27-13-25-17/h5-8,11-12H,3-4,9-10,13-14H2,1-2H3. The Bertz CT molecular complexity index is 895. The second-order valence-electron chi connectivity index (χ2n) is 7.29. The summed E-state index contributed by atoms with van der Waals surface area (Å²) in [5.41, 5.74) is -0.603. The molecule has 154 valence electrons. The predicted octanol–water partition coefficient (Wildman–Crippen LogP) is 4.32. The van der Waals surface area contributed by atoms with E-state index in [9.17, 15) is 4.79 Å². The normalized spacial score (nSPS) is 15.7. The van der Waals surface area contributed by atoms with Crippen molar-refractivity contribution in [3.63, 3.8) is 0 Å². The second-order valence-corrected chi connectivity index (χ2v) is 7.29. The first-order valence-electron chi connectivity index (χ1n) is 9.72. The Hall–Kier alpha value is -3.09. The van der Waals surface area contributed by atoms with Gasteiger partial charge in [0.2, 0.25) is 13.6 Å². The van der Waals surface area contributed by atoms with Crippen molar-refractivity contribution in [3.8, 4) is 34.5 Å². The third-order valence-electron chi connectivity index (χ3n) is 5.31. The van der Waals surface area contributed by atoms with Crippen molar-refractivity contribution in [3.05, 3.63) is 36.4 Å². The van der Waals surface area contributed by atoms with Crippen molar-refractivity contribution in [1.29, 1.82) is 0 Å². The van der Waals surface area contributed by atoms with Gasteiger partial charge in [-0.05, 0) is 50.5 Å². The van der Waals surface area contributed by atoms with Gasteiger partial charge in [0.05, 0.1) is 12.0 Å². The molecule has 2 aliphatic heterocycles. The van der Waals surface area contributed by atoms with E-state index in [4.69, 9.17) is 28.4 Å². The van der Waals surface area contributed by atoms with Gasteiger partial charge >= 0.3 is 5.97 Å². The number of benzene rings is 2. The molecule has 0 spiro atoms. The fourth-order valence-corrected chi connectivity index (χ4v) is 3.21. The molecular formula is C22H24O7. The van der Waals surface area contributed by atoms with E-state index in [1.54, 1.807) is 18.2 Å². The maximum Gasteiger partial charge on any atom is 0.317 e. The minimum absolute atomic E-state index is 0.183. The molecule has 1 unspecified atom stereocenters. The molecule has 1 atom stereocenters. The fourth-order valence-electron chi connectivity index (χ4n) is 3.21. The lowest BCUT2D eigenvalue weighted by molar-refractivity contribution is -0.145. The largest absolute Gasteiger partial charge is 0.493 e. The summed E-state index contributed by atoms with van der Waals surface area (Å²) in [6.07, 6.45) is 2.03. The zero-order chi connectivity index (χ0) is 20.3. The van der Waals surface area contributed by atoms with E-state index in [1.807, 2.05) is 32.0 Å². The molecule has 4 rings (SSSR count). The van der Waals surface area contributed by atoms with E-state index in [2.05, 4.69) is 0 Å². The van der Waals surface area contributed by atoms with Gasteiger partial charge in [0, 0.05) is 12.1 Å². The minimum Gasteiger partial charge on any atom is -0.493 e. The Balaban J connectivity index is 1.29. The summed E-state index contributed by atoms with van der Waals surface area (Å²) >= 11 is 0. The van der Waals surface area contributed by atoms with Crippen LogP contribution in [0.15, 0.2) is 36.4 Å². The number of carbonyl (C=O) groups is 1. The van der Waals surface area contributed by atoms with Crippen LogP contribution in [0.3, 0.4) is 0 Å². The zero-order valence-electron chi connectivity index (χ0n) is 16.6. The quantitative estimate of drug-likeness (QED) is 0.371. The average molecular weight is 400 g/mol. The van der Waals surface area contributed by atoms with E-state index in [1.165, 1.54) is 0 Å². The first-order chi connectivity index (χ1) is 14.1. The SMILES string of the molecule is CCC(C)(CCCOc1ccc2c(c1)OCO2)C(=O)Oc1ccc2c(c1)OCO2. The van der Waals surface area contributed by atoms with Gasteiger partial charge < -0.3 is 28.4 Å². The maximum absolute atomic E-state index is 12.8. The van der Waals surface area contributed by atoms with Gasteiger partial charge in [0.15, 0.2) is 23.0 Å². The third kappa shape index (κ3) is 4.18. The van der Waals surface area contributed by atoms with Crippen LogP contribution >= 0.6 is 0 Å². The van der Waals surface area contributed by atoms with Crippen LogP contribution in [0.1, 0.15) is 33.1 Å². The highest BCUT2D eigenvalue weighted by Gasteiger charge is 2.33. The van der Waals surface area contributed by atoms with E-state index in [0.29, 0.717) is 42.4 Å². The Morgan fingerprint density at radius 2 is 1.52 bits per heavy atom. The lowest BCUT2D eigenvalue weighted by Crippen LogP contribution is -2.32. The predicted molar refractivity (Wildman–Crippen MR) is 104 cm³/mol.